The van der Waals surface area contributed by atoms with Gasteiger partial charge in [-0.1, -0.05) is 74.0 Å². The van der Waals surface area contributed by atoms with E-state index in [1.54, 1.807) is 0 Å². The second kappa shape index (κ2) is 9.17. The molecule has 5 nitrogen and oxygen atoms in total. The molecule has 224 valence electrons. The van der Waals surface area contributed by atoms with Crippen molar-refractivity contribution in [1.82, 2.24) is 0 Å². The maximum Gasteiger partial charge on any atom is 0.314 e. The third-order valence-corrected chi connectivity index (χ3v) is 14.0. The first kappa shape index (κ1) is 29.8. The minimum atomic E-state index is -1.08. The molecule has 0 aromatic rings. The Kier molecular flexibility index (Phi) is 6.84. The fraction of sp³-hybridized carbons (Fsp3) is 0.857. The molecule has 4 fully saturated rings. The summed E-state index contributed by atoms with van der Waals surface area (Å²) in [5.74, 6) is -0.167. The van der Waals surface area contributed by atoms with Gasteiger partial charge in [-0.3, -0.25) is 14.4 Å². The van der Waals surface area contributed by atoms with Gasteiger partial charge < -0.3 is 9.84 Å². The van der Waals surface area contributed by atoms with Crippen LogP contribution in [0.4, 0.5) is 0 Å². The van der Waals surface area contributed by atoms with Crippen molar-refractivity contribution in [3.8, 4) is 0 Å². The van der Waals surface area contributed by atoms with Crippen molar-refractivity contribution in [2.24, 2.45) is 56.2 Å². The zero-order valence-electron chi connectivity index (χ0n) is 26.6. The lowest BCUT2D eigenvalue weighted by molar-refractivity contribution is -0.208. The van der Waals surface area contributed by atoms with Crippen molar-refractivity contribution in [2.75, 3.05) is 0 Å². The molecule has 0 unspecified atom stereocenters. The highest BCUT2D eigenvalue weighted by Gasteiger charge is 2.71. The Morgan fingerprint density at radius 3 is 2.30 bits per heavy atom. The molecule has 0 saturated heterocycles. The lowest BCUT2D eigenvalue weighted by atomic mass is 9.33. The Labute approximate surface area is 242 Å². The minimum absolute atomic E-state index is 0.0357. The third kappa shape index (κ3) is 3.80. The quantitative estimate of drug-likeness (QED) is 0.281. The number of aliphatic carboxylic acids is 1. The van der Waals surface area contributed by atoms with E-state index >= 15 is 0 Å². The summed E-state index contributed by atoms with van der Waals surface area (Å²) in [7, 11) is 0. The zero-order chi connectivity index (χ0) is 29.7. The number of carboxylic acids is 1. The highest BCUT2D eigenvalue weighted by molar-refractivity contribution is 5.85. The Morgan fingerprint density at radius 2 is 1.68 bits per heavy atom. The van der Waals surface area contributed by atoms with Gasteiger partial charge in [0.2, 0.25) is 0 Å². The number of carbonyl (C=O) groups is 3. The van der Waals surface area contributed by atoms with Crippen LogP contribution in [0.2, 0.25) is 0 Å². The molecule has 1 N–H and O–H groups in total. The van der Waals surface area contributed by atoms with Gasteiger partial charge >= 0.3 is 11.9 Å². The van der Waals surface area contributed by atoms with Crippen molar-refractivity contribution in [2.45, 2.75) is 133 Å². The molecule has 5 rings (SSSR count). The van der Waals surface area contributed by atoms with Crippen LogP contribution in [0, 0.1) is 56.2 Å². The molecular weight excluding hydrogens is 500 g/mol. The molecule has 0 bridgehead atoms. The van der Waals surface area contributed by atoms with Crippen molar-refractivity contribution >= 4 is 17.7 Å². The van der Waals surface area contributed by atoms with Crippen molar-refractivity contribution in [3.63, 3.8) is 0 Å². The summed E-state index contributed by atoms with van der Waals surface area (Å²) in [5.41, 5.74) is -0.149. The number of hydrogen-bond acceptors (Lipinski definition) is 4. The van der Waals surface area contributed by atoms with E-state index < -0.39 is 17.5 Å². The summed E-state index contributed by atoms with van der Waals surface area (Å²) in [6.07, 6.45) is 9.96. The van der Waals surface area contributed by atoms with Crippen LogP contribution >= 0.6 is 0 Å². The van der Waals surface area contributed by atoms with Crippen LogP contribution in [0.15, 0.2) is 11.6 Å². The number of Topliss-reactive ketones (excluding diaryl/α,β-unsaturated/α-hetero) is 1. The topological polar surface area (TPSA) is 80.7 Å². The predicted octanol–water partition coefficient (Wildman–Crippen LogP) is 8.01. The first-order valence-electron chi connectivity index (χ1n) is 16.1. The molecule has 0 amide bonds. The molecule has 5 aliphatic rings. The van der Waals surface area contributed by atoms with Crippen LogP contribution in [0.5, 0.6) is 0 Å². The van der Waals surface area contributed by atoms with Gasteiger partial charge in [-0.15, -0.1) is 0 Å². The number of ether oxygens (including phenoxy) is 1. The zero-order valence-corrected chi connectivity index (χ0v) is 26.6. The van der Waals surface area contributed by atoms with Crippen molar-refractivity contribution in [3.05, 3.63) is 11.6 Å². The van der Waals surface area contributed by atoms with Gasteiger partial charge in [0.05, 0.1) is 5.92 Å². The fourth-order valence-electron chi connectivity index (χ4n) is 11.2. The third-order valence-electron chi connectivity index (χ3n) is 14.0. The average Bonchev–Trinajstić information content (AvgIpc) is 2.85. The number of allylic oxidation sites excluding steroid dienone is 2. The van der Waals surface area contributed by atoms with E-state index in [-0.39, 0.29) is 44.9 Å². The normalized spacial score (nSPS) is 46.0. The molecule has 0 aliphatic heterocycles. The molecule has 0 heterocycles. The molecule has 0 spiro atoms. The first-order valence-corrected chi connectivity index (χ1v) is 16.1. The van der Waals surface area contributed by atoms with Gasteiger partial charge in [0.25, 0.3) is 0 Å². The lowest BCUT2D eigenvalue weighted by Crippen LogP contribution is -2.66. The maximum absolute atomic E-state index is 13.4. The molecule has 5 heteroatoms. The maximum atomic E-state index is 13.4. The van der Waals surface area contributed by atoms with Crippen LogP contribution in [-0.2, 0) is 19.1 Å². The second-order valence-electron chi connectivity index (χ2n) is 16.6. The Morgan fingerprint density at radius 1 is 1.00 bits per heavy atom. The van der Waals surface area contributed by atoms with E-state index in [9.17, 15) is 19.5 Å². The first-order chi connectivity index (χ1) is 18.4. The second-order valence-corrected chi connectivity index (χ2v) is 16.6. The van der Waals surface area contributed by atoms with Gasteiger partial charge in [0.15, 0.2) is 0 Å². The van der Waals surface area contributed by atoms with Crippen LogP contribution in [0.1, 0.15) is 127 Å². The SMILES string of the molecule is CC[C@H](C)C(=O)O[C@@H]1CC(C)(C)C[C@H]2C3=CC[C@@H]4[C@@]5(C)CCC(=O)C(C)(C)[C@@H]5CC[C@@]4(C)[C@]3(C)CC[C@@]12C(=O)O. The minimum Gasteiger partial charge on any atom is -0.481 e. The van der Waals surface area contributed by atoms with Crippen molar-refractivity contribution < 1.29 is 24.2 Å². The standard InChI is InChI=1S/C35H54O5/c1-10-21(2)28(37)40-27-20-30(3,4)19-23-22-11-12-25-32(7)15-14-26(36)31(5,6)24(32)13-16-34(25,9)33(22,8)17-18-35(23,27)29(38)39/h11,21,23-25,27H,10,12-20H2,1-9H3,(H,38,39)/t21-,23-,24-,25+,27+,32-,33+,34+,35-/m0/s1. The summed E-state index contributed by atoms with van der Waals surface area (Å²) < 4.78 is 6.20. The fourth-order valence-corrected chi connectivity index (χ4v) is 11.2. The molecule has 0 aromatic heterocycles. The predicted molar refractivity (Wildman–Crippen MR) is 156 cm³/mol. The Bertz CT molecular complexity index is 1130. The van der Waals surface area contributed by atoms with E-state index in [0.717, 1.165) is 38.5 Å². The van der Waals surface area contributed by atoms with E-state index in [1.165, 1.54) is 5.57 Å². The number of fused-ring (bicyclic) bond motifs is 7. The van der Waals surface area contributed by atoms with E-state index in [0.29, 0.717) is 43.3 Å². The largest absolute Gasteiger partial charge is 0.481 e. The number of esters is 1. The molecular formula is C35H54O5. The Hall–Kier alpha value is -1.65. The molecule has 40 heavy (non-hydrogen) atoms. The molecule has 5 aliphatic carbocycles. The van der Waals surface area contributed by atoms with Gasteiger partial charge in [-0.2, -0.15) is 0 Å². The summed E-state index contributed by atoms with van der Waals surface area (Å²) >= 11 is 0. The van der Waals surface area contributed by atoms with Gasteiger partial charge in [0, 0.05) is 17.8 Å². The molecule has 0 radical (unpaired) electrons. The summed E-state index contributed by atoms with van der Waals surface area (Å²) in [4.78, 5) is 39.5. The van der Waals surface area contributed by atoms with E-state index in [4.69, 9.17) is 4.74 Å². The monoisotopic (exact) mass is 554 g/mol. The number of hydrogen-bond donors (Lipinski definition) is 1. The van der Waals surface area contributed by atoms with Gasteiger partial charge in [0.1, 0.15) is 17.3 Å². The van der Waals surface area contributed by atoms with Gasteiger partial charge in [-0.25, -0.2) is 0 Å². The molecule has 0 aromatic carbocycles. The van der Waals surface area contributed by atoms with E-state index in [1.807, 2.05) is 13.8 Å². The number of rotatable bonds is 4. The van der Waals surface area contributed by atoms with Gasteiger partial charge in [-0.05, 0) is 91.3 Å². The summed E-state index contributed by atoms with van der Waals surface area (Å²) in [6.45, 7) is 20.0. The van der Waals surface area contributed by atoms with Crippen LogP contribution in [0.3, 0.4) is 0 Å². The van der Waals surface area contributed by atoms with Crippen LogP contribution in [0.25, 0.3) is 0 Å². The van der Waals surface area contributed by atoms with Crippen molar-refractivity contribution in [1.29, 1.82) is 0 Å². The Balaban J connectivity index is 1.59. The van der Waals surface area contributed by atoms with E-state index in [2.05, 4.69) is 54.5 Å². The number of carbonyl (C=O) groups excluding carboxylic acids is 2. The molecule has 4 saturated carbocycles. The highest BCUT2D eigenvalue weighted by Crippen LogP contribution is 2.75. The molecule has 9 atom stereocenters. The average molecular weight is 555 g/mol. The lowest BCUT2D eigenvalue weighted by Gasteiger charge is -2.70. The summed E-state index contributed by atoms with van der Waals surface area (Å²) in [5, 5.41) is 11.0. The van der Waals surface area contributed by atoms with Crippen LogP contribution in [-0.4, -0.2) is 28.9 Å². The van der Waals surface area contributed by atoms with Crippen LogP contribution < -0.4 is 0 Å². The number of ketones is 1. The highest BCUT2D eigenvalue weighted by atomic mass is 16.5. The smallest absolute Gasteiger partial charge is 0.314 e. The number of carboxylic acid groups (broad SMARTS) is 1. The summed E-state index contributed by atoms with van der Waals surface area (Å²) in [6, 6.07) is 0.